The molecule has 4 aromatic rings. The fourth-order valence-corrected chi connectivity index (χ4v) is 12.5. The monoisotopic (exact) mass is 1180 g/mol. The van der Waals surface area contributed by atoms with Crippen LogP contribution in [-0.4, -0.2) is 102 Å². The number of hydrogen-bond donors (Lipinski definition) is 0. The van der Waals surface area contributed by atoms with Crippen molar-refractivity contribution >= 4 is 45.4 Å². The zero-order valence-corrected chi connectivity index (χ0v) is 55.5. The van der Waals surface area contributed by atoms with Gasteiger partial charge in [0.2, 0.25) is 11.8 Å². The molecular weight excluding hydrogens is 1060 g/mol. The van der Waals surface area contributed by atoms with Gasteiger partial charge in [0.1, 0.15) is 22.7 Å². The number of pyridine rings is 2. The van der Waals surface area contributed by atoms with Crippen LogP contribution in [0.2, 0.25) is 0 Å². The number of aromatic nitrogens is 6. The highest BCUT2D eigenvalue weighted by atomic mass is 16.5. The van der Waals surface area contributed by atoms with E-state index in [0.29, 0.717) is 37.5 Å². The zero-order valence-electron chi connectivity index (χ0n) is 55.5. The number of hydrogen-bond acceptors (Lipinski definition) is 9. The third-order valence-electron chi connectivity index (χ3n) is 17.8. The minimum atomic E-state index is -0.306. The molecule has 0 N–H and O–H groups in total. The van der Waals surface area contributed by atoms with Crippen LogP contribution < -0.4 is 0 Å². The highest BCUT2D eigenvalue weighted by Crippen LogP contribution is 2.23. The van der Waals surface area contributed by atoms with Crippen molar-refractivity contribution in [2.75, 3.05) is 27.3 Å². The van der Waals surface area contributed by atoms with Gasteiger partial charge in [-0.25, -0.2) is 9.97 Å². The van der Waals surface area contributed by atoms with Crippen molar-refractivity contribution in [3.63, 3.8) is 0 Å². The third-order valence-corrected chi connectivity index (χ3v) is 17.8. The lowest BCUT2D eigenvalue weighted by Crippen LogP contribution is -2.43. The molecule has 0 aliphatic heterocycles. The molecule has 0 aliphatic carbocycles. The summed E-state index contributed by atoms with van der Waals surface area (Å²) in [7, 11) is 3.69. The van der Waals surface area contributed by atoms with E-state index >= 15 is 0 Å². The largest absolute Gasteiger partial charge is 0.381 e. The summed E-state index contributed by atoms with van der Waals surface area (Å²) in [6.45, 7) is 16.3. The molecule has 0 saturated heterocycles. The lowest BCUT2D eigenvalue weighted by molar-refractivity contribution is -0.138. The van der Waals surface area contributed by atoms with Gasteiger partial charge in [-0.1, -0.05) is 195 Å². The number of ketones is 2. The standard InChI is InChI=1S/C72H122N8O5/c1-59(2)55-67(77(7)71(83)45-37-33-39-51-79-61(5)75-63-57-73-49-47-65(63)79)69(81)43-35-29-25-21-17-13-9-11-15-19-23-27-31-41-53-85-54-42-32-28-24-20-16-12-10-14-18-22-26-30-36-44-70(82)68(56-60(3)4)78(8)72(84)46-38-34-40-52-80-62(6)76-64-58-74-50-48-66(64)80/h47-50,57-60,67-68H,9-46,51-56H2,1-8H3/t67-,68-/m0/s1. The number of unbranched alkanes of at least 4 members (excludes halogenated alkanes) is 30. The van der Waals surface area contributed by atoms with Crippen LogP contribution >= 0.6 is 0 Å². The average Bonchev–Trinajstić information content (AvgIpc) is 4.16. The topological polar surface area (TPSA) is 145 Å². The highest BCUT2D eigenvalue weighted by molar-refractivity contribution is 5.89. The van der Waals surface area contributed by atoms with Crippen molar-refractivity contribution < 1.29 is 23.9 Å². The Kier molecular flexibility index (Phi) is 38.5. The number of likely N-dealkylation sites (N-methyl/N-ethyl adjacent to an activating group) is 2. The molecule has 0 bridgehead atoms. The van der Waals surface area contributed by atoms with Crippen molar-refractivity contribution in [1.82, 2.24) is 38.9 Å². The van der Waals surface area contributed by atoms with E-state index in [-0.39, 0.29) is 35.5 Å². The minimum Gasteiger partial charge on any atom is -0.381 e. The molecule has 0 saturated carbocycles. The first-order valence-electron chi connectivity index (χ1n) is 35.0. The van der Waals surface area contributed by atoms with Gasteiger partial charge in [0.25, 0.3) is 0 Å². The molecule has 0 aliphatic rings. The summed E-state index contributed by atoms with van der Waals surface area (Å²) in [6.07, 6.45) is 51.9. The summed E-state index contributed by atoms with van der Waals surface area (Å²) in [5, 5.41) is 0. The third kappa shape index (κ3) is 30.3. The molecule has 13 heteroatoms. The van der Waals surface area contributed by atoms with Gasteiger partial charge >= 0.3 is 0 Å². The van der Waals surface area contributed by atoms with Crippen molar-refractivity contribution in [3.8, 4) is 0 Å². The number of nitrogens with zero attached hydrogens (tertiary/aromatic N) is 8. The molecular formula is C72H122N8O5. The van der Waals surface area contributed by atoms with Gasteiger partial charge < -0.3 is 23.7 Å². The maximum atomic E-state index is 13.4. The van der Waals surface area contributed by atoms with Crippen LogP contribution in [0.3, 0.4) is 0 Å². The summed E-state index contributed by atoms with van der Waals surface area (Å²) >= 11 is 0. The van der Waals surface area contributed by atoms with Gasteiger partial charge in [-0.05, 0) is 102 Å². The normalized spacial score (nSPS) is 12.5. The second kappa shape index (κ2) is 44.8. The SMILES string of the molecule is Cc1nc2cnccc2n1CCCCCC(=O)N(C)[C@@H](CC(C)C)C(=O)CCCCCCCCCCCCCCCCOCCCCCCCCCCCCCCCCC(=O)[C@H](CC(C)C)N(C)C(=O)CCCCCn1c(C)nc2cnccc21. The zero-order chi connectivity index (χ0) is 61.3. The van der Waals surface area contributed by atoms with Crippen LogP contribution in [0.15, 0.2) is 36.9 Å². The van der Waals surface area contributed by atoms with E-state index in [1.807, 2.05) is 64.9 Å². The van der Waals surface area contributed by atoms with Crippen LogP contribution in [0.5, 0.6) is 0 Å². The predicted molar refractivity (Wildman–Crippen MR) is 353 cm³/mol. The average molecular weight is 1180 g/mol. The Morgan fingerprint density at radius 1 is 0.412 bits per heavy atom. The molecule has 2 atom stereocenters. The molecule has 0 unspecified atom stereocenters. The first kappa shape index (κ1) is 73.0. The van der Waals surface area contributed by atoms with Crippen LogP contribution in [0.4, 0.5) is 0 Å². The fourth-order valence-electron chi connectivity index (χ4n) is 12.5. The van der Waals surface area contributed by atoms with E-state index in [2.05, 4.69) is 56.8 Å². The summed E-state index contributed by atoms with van der Waals surface area (Å²) in [5.74, 6) is 3.38. The summed E-state index contributed by atoms with van der Waals surface area (Å²) in [5.41, 5.74) is 4.08. The number of carbonyl (C=O) groups excluding carboxylic acids is 4. The lowest BCUT2D eigenvalue weighted by atomic mass is 9.95. The summed E-state index contributed by atoms with van der Waals surface area (Å²) < 4.78 is 10.4. The van der Waals surface area contributed by atoms with E-state index in [1.165, 1.54) is 154 Å². The quantitative estimate of drug-likeness (QED) is 0.0394. The van der Waals surface area contributed by atoms with Gasteiger partial charge in [0, 0.05) is 78.5 Å². The van der Waals surface area contributed by atoms with Crippen LogP contribution in [0.1, 0.15) is 296 Å². The molecule has 0 aromatic carbocycles. The second-order valence-electron chi connectivity index (χ2n) is 26.2. The molecule has 480 valence electrons. The number of Topliss-reactive ketones (excluding diaryl/α,β-unsaturated/α-hetero) is 2. The fraction of sp³-hybridized carbons (Fsp3) is 0.778. The second-order valence-corrected chi connectivity index (χ2v) is 26.2. The maximum absolute atomic E-state index is 13.4. The Labute approximate surface area is 517 Å². The van der Waals surface area contributed by atoms with Crippen molar-refractivity contribution in [2.45, 2.75) is 324 Å². The Hall–Kier alpha value is -4.52. The molecule has 2 amide bonds. The Bertz CT molecular complexity index is 2250. The number of aryl methyl sites for hydroxylation is 4. The van der Waals surface area contributed by atoms with E-state index in [9.17, 15) is 19.2 Å². The minimum absolute atomic E-state index is 0.0944. The summed E-state index contributed by atoms with van der Waals surface area (Å²) in [6, 6.07) is 3.42. The molecule has 13 nitrogen and oxygen atoms in total. The van der Waals surface area contributed by atoms with Gasteiger partial charge in [-0.3, -0.25) is 29.1 Å². The molecule has 4 heterocycles. The number of amides is 2. The number of ether oxygens (including phenoxy) is 1. The predicted octanol–water partition coefficient (Wildman–Crippen LogP) is 18.2. The molecule has 4 aromatic heterocycles. The van der Waals surface area contributed by atoms with Crippen molar-refractivity contribution in [1.29, 1.82) is 0 Å². The van der Waals surface area contributed by atoms with E-state index < -0.39 is 0 Å². The van der Waals surface area contributed by atoms with E-state index in [0.717, 1.165) is 137 Å². The maximum Gasteiger partial charge on any atom is 0.222 e. The van der Waals surface area contributed by atoms with Gasteiger partial charge in [0.15, 0.2) is 11.6 Å². The summed E-state index contributed by atoms with van der Waals surface area (Å²) in [4.78, 5) is 74.3. The smallest absolute Gasteiger partial charge is 0.222 e. The van der Waals surface area contributed by atoms with Gasteiger partial charge in [0.05, 0.1) is 35.5 Å². The van der Waals surface area contributed by atoms with Gasteiger partial charge in [-0.15, -0.1) is 0 Å². The number of imidazole rings is 2. The van der Waals surface area contributed by atoms with E-state index in [4.69, 9.17) is 4.74 Å². The number of carbonyl (C=O) groups is 4. The molecule has 4 rings (SSSR count). The Balaban J connectivity index is 0.836. The Morgan fingerprint density at radius 2 is 0.694 bits per heavy atom. The Morgan fingerprint density at radius 3 is 1.01 bits per heavy atom. The first-order valence-corrected chi connectivity index (χ1v) is 35.0. The number of rotatable bonds is 54. The van der Waals surface area contributed by atoms with Crippen LogP contribution in [0, 0.1) is 25.7 Å². The van der Waals surface area contributed by atoms with Crippen LogP contribution in [-0.2, 0) is 37.0 Å². The molecule has 0 fully saturated rings. The molecule has 0 spiro atoms. The molecule has 0 radical (unpaired) electrons. The van der Waals surface area contributed by atoms with Crippen LogP contribution in [0.25, 0.3) is 22.1 Å². The van der Waals surface area contributed by atoms with E-state index in [1.54, 1.807) is 9.80 Å². The highest BCUT2D eigenvalue weighted by Gasteiger charge is 2.28. The van der Waals surface area contributed by atoms with Gasteiger partial charge in [-0.2, -0.15) is 0 Å². The van der Waals surface area contributed by atoms with Crippen molar-refractivity contribution in [2.24, 2.45) is 11.8 Å². The van der Waals surface area contributed by atoms with Crippen molar-refractivity contribution in [3.05, 3.63) is 48.6 Å². The lowest BCUT2D eigenvalue weighted by Gasteiger charge is -2.29. The first-order chi connectivity index (χ1) is 41.3. The molecule has 85 heavy (non-hydrogen) atoms. The number of fused-ring (bicyclic) bond motifs is 2.